The maximum Gasteiger partial charge on any atom is 0.120 e. The van der Waals surface area contributed by atoms with Crippen molar-refractivity contribution in [2.45, 2.75) is 32.4 Å². The maximum atomic E-state index is 9.49. The summed E-state index contributed by atoms with van der Waals surface area (Å²) in [6.07, 6.45) is 3.75. The molecule has 0 saturated heterocycles. The molecule has 0 aromatic heterocycles. The Balaban J connectivity index is 1.98. The molecule has 1 atom stereocenters. The van der Waals surface area contributed by atoms with E-state index in [9.17, 15) is 5.11 Å². The Hall–Kier alpha value is -2.08. The zero-order chi connectivity index (χ0) is 16.0. The Morgan fingerprint density at radius 3 is 2.68 bits per heavy atom. The second-order valence-corrected chi connectivity index (χ2v) is 5.93. The minimum Gasteiger partial charge on any atom is -0.378 e. The monoisotopic (exact) mass is 293 g/mol. The van der Waals surface area contributed by atoms with Gasteiger partial charge in [0.2, 0.25) is 0 Å². The lowest BCUT2D eigenvalue weighted by Gasteiger charge is -2.15. The number of aliphatic hydroxyl groups is 1. The zero-order valence-electron chi connectivity index (χ0n) is 13.4. The van der Waals surface area contributed by atoms with E-state index in [-0.39, 0.29) is 6.04 Å². The van der Waals surface area contributed by atoms with Crippen molar-refractivity contribution in [1.29, 1.82) is 0 Å². The van der Waals surface area contributed by atoms with E-state index in [1.54, 1.807) is 19.9 Å². The lowest BCUT2D eigenvalue weighted by molar-refractivity contribution is 0.143. The van der Waals surface area contributed by atoms with Crippen LogP contribution in [0.25, 0.3) is 10.8 Å². The van der Waals surface area contributed by atoms with Gasteiger partial charge in [-0.2, -0.15) is 0 Å². The molecule has 0 spiro atoms. The average molecular weight is 293 g/mol. The van der Waals surface area contributed by atoms with Gasteiger partial charge in [0.25, 0.3) is 0 Å². The second-order valence-electron chi connectivity index (χ2n) is 5.93. The SMILES string of the molecule is C[C@@H](NC/C=C/C#CC(C)(C)O)c1cccc2ccccc12. The summed E-state index contributed by atoms with van der Waals surface area (Å²) in [6, 6.07) is 15.1. The van der Waals surface area contributed by atoms with Crippen LogP contribution in [-0.4, -0.2) is 17.3 Å². The number of nitrogens with one attached hydrogen (secondary N) is 1. The highest BCUT2D eigenvalue weighted by Crippen LogP contribution is 2.23. The van der Waals surface area contributed by atoms with Crippen molar-refractivity contribution in [2.24, 2.45) is 0 Å². The van der Waals surface area contributed by atoms with Crippen molar-refractivity contribution in [3.8, 4) is 11.8 Å². The molecule has 0 heterocycles. The molecule has 0 fully saturated rings. The average Bonchev–Trinajstić information content (AvgIpc) is 2.49. The van der Waals surface area contributed by atoms with E-state index in [1.807, 2.05) is 6.08 Å². The first-order valence-corrected chi connectivity index (χ1v) is 7.58. The molecule has 2 N–H and O–H groups in total. The van der Waals surface area contributed by atoms with Crippen molar-refractivity contribution < 1.29 is 5.11 Å². The van der Waals surface area contributed by atoms with Gasteiger partial charge in [-0.3, -0.25) is 0 Å². The summed E-state index contributed by atoms with van der Waals surface area (Å²) >= 11 is 0. The van der Waals surface area contributed by atoms with Gasteiger partial charge in [0.15, 0.2) is 0 Å². The van der Waals surface area contributed by atoms with E-state index in [0.717, 1.165) is 6.54 Å². The molecule has 0 saturated carbocycles. The van der Waals surface area contributed by atoms with E-state index in [1.165, 1.54) is 16.3 Å². The van der Waals surface area contributed by atoms with Crippen molar-refractivity contribution in [3.05, 3.63) is 60.2 Å². The molecule has 0 aliphatic rings. The van der Waals surface area contributed by atoms with Gasteiger partial charge in [-0.25, -0.2) is 0 Å². The van der Waals surface area contributed by atoms with Gasteiger partial charge >= 0.3 is 0 Å². The molecule has 2 heteroatoms. The van der Waals surface area contributed by atoms with Gasteiger partial charge in [0.05, 0.1) is 0 Å². The zero-order valence-corrected chi connectivity index (χ0v) is 13.4. The summed E-state index contributed by atoms with van der Waals surface area (Å²) in [6.45, 7) is 6.26. The van der Waals surface area contributed by atoms with Crippen molar-refractivity contribution >= 4 is 10.8 Å². The number of fused-ring (bicyclic) bond motifs is 1. The standard InChI is InChI=1S/C20H23NO/c1-16(21-15-8-4-7-14-20(2,3)22)18-13-9-11-17-10-5-6-12-19(17)18/h4-6,8-13,16,21-22H,15H2,1-3H3/b8-4+/t16-/m1/s1. The number of hydrogen-bond donors (Lipinski definition) is 2. The number of benzene rings is 2. The van der Waals surface area contributed by atoms with Gasteiger partial charge in [0, 0.05) is 12.6 Å². The molecule has 0 aliphatic carbocycles. The molecular formula is C20H23NO. The summed E-state index contributed by atoms with van der Waals surface area (Å²) in [5.74, 6) is 5.60. The third-order valence-corrected chi connectivity index (χ3v) is 3.41. The first-order chi connectivity index (χ1) is 10.5. The van der Waals surface area contributed by atoms with Crippen LogP contribution in [0.1, 0.15) is 32.4 Å². The van der Waals surface area contributed by atoms with Crippen molar-refractivity contribution in [3.63, 3.8) is 0 Å². The van der Waals surface area contributed by atoms with Crippen LogP contribution in [0.4, 0.5) is 0 Å². The molecule has 2 rings (SSSR count). The Labute approximate surface area is 132 Å². The lowest BCUT2D eigenvalue weighted by Crippen LogP contribution is -2.18. The van der Waals surface area contributed by atoms with E-state index in [4.69, 9.17) is 0 Å². The Morgan fingerprint density at radius 1 is 1.18 bits per heavy atom. The molecule has 22 heavy (non-hydrogen) atoms. The van der Waals surface area contributed by atoms with Crippen LogP contribution in [-0.2, 0) is 0 Å². The van der Waals surface area contributed by atoms with Gasteiger partial charge in [0.1, 0.15) is 5.60 Å². The molecule has 2 aromatic rings. The van der Waals surface area contributed by atoms with Crippen LogP contribution >= 0.6 is 0 Å². The third kappa shape index (κ3) is 4.73. The summed E-state index contributed by atoms with van der Waals surface area (Å²) in [4.78, 5) is 0. The summed E-state index contributed by atoms with van der Waals surface area (Å²) in [7, 11) is 0. The smallest absolute Gasteiger partial charge is 0.120 e. The molecule has 114 valence electrons. The van der Waals surface area contributed by atoms with Gasteiger partial charge in [-0.05, 0) is 43.2 Å². The van der Waals surface area contributed by atoms with Crippen LogP contribution in [0, 0.1) is 11.8 Å². The summed E-state index contributed by atoms with van der Waals surface area (Å²) in [5, 5.41) is 15.5. The minimum atomic E-state index is -0.936. The van der Waals surface area contributed by atoms with E-state index >= 15 is 0 Å². The number of hydrogen-bond acceptors (Lipinski definition) is 2. The van der Waals surface area contributed by atoms with Gasteiger partial charge < -0.3 is 10.4 Å². The highest BCUT2D eigenvalue weighted by Gasteiger charge is 2.07. The first-order valence-electron chi connectivity index (χ1n) is 7.58. The van der Waals surface area contributed by atoms with Crippen molar-refractivity contribution in [2.75, 3.05) is 6.54 Å². The highest BCUT2D eigenvalue weighted by molar-refractivity contribution is 5.86. The summed E-state index contributed by atoms with van der Waals surface area (Å²) < 4.78 is 0. The van der Waals surface area contributed by atoms with Crippen LogP contribution in [0.15, 0.2) is 54.6 Å². The van der Waals surface area contributed by atoms with Crippen LogP contribution in [0.2, 0.25) is 0 Å². The predicted octanol–water partition coefficient (Wildman–Crippen LogP) is 3.82. The van der Waals surface area contributed by atoms with Gasteiger partial charge in [-0.1, -0.05) is 60.4 Å². The summed E-state index contributed by atoms with van der Waals surface area (Å²) in [5.41, 5.74) is 0.364. The van der Waals surface area contributed by atoms with Crippen LogP contribution in [0.3, 0.4) is 0 Å². The molecule has 0 amide bonds. The Bertz CT molecular complexity index is 708. The molecule has 2 nitrogen and oxygen atoms in total. The number of allylic oxidation sites excluding steroid dienone is 1. The van der Waals surface area contributed by atoms with Crippen molar-refractivity contribution in [1.82, 2.24) is 5.32 Å². The second kappa shape index (κ2) is 7.26. The normalized spacial score (nSPS) is 13.1. The fourth-order valence-electron chi connectivity index (χ4n) is 2.32. The fourth-order valence-corrected chi connectivity index (χ4v) is 2.32. The largest absolute Gasteiger partial charge is 0.378 e. The van der Waals surface area contributed by atoms with E-state index in [2.05, 4.69) is 66.5 Å². The Morgan fingerprint density at radius 2 is 1.91 bits per heavy atom. The minimum absolute atomic E-state index is 0.262. The van der Waals surface area contributed by atoms with Gasteiger partial charge in [-0.15, -0.1) is 0 Å². The maximum absolute atomic E-state index is 9.49. The quantitative estimate of drug-likeness (QED) is 0.840. The molecule has 2 aromatic carbocycles. The topological polar surface area (TPSA) is 32.3 Å². The molecule has 0 aliphatic heterocycles. The lowest BCUT2D eigenvalue weighted by atomic mass is 10.00. The predicted molar refractivity (Wildman–Crippen MR) is 93.6 cm³/mol. The molecular weight excluding hydrogens is 270 g/mol. The molecule has 0 bridgehead atoms. The van der Waals surface area contributed by atoms with Crippen LogP contribution < -0.4 is 5.32 Å². The van der Waals surface area contributed by atoms with Crippen LogP contribution in [0.5, 0.6) is 0 Å². The van der Waals surface area contributed by atoms with E-state index < -0.39 is 5.60 Å². The first kappa shape index (κ1) is 16.3. The highest BCUT2D eigenvalue weighted by atomic mass is 16.3. The fraction of sp³-hybridized carbons (Fsp3) is 0.300. The Kier molecular flexibility index (Phi) is 5.38. The van der Waals surface area contributed by atoms with E-state index in [0.29, 0.717) is 0 Å². The third-order valence-electron chi connectivity index (χ3n) is 3.41. The number of rotatable bonds is 4. The molecule has 0 radical (unpaired) electrons. The molecule has 0 unspecified atom stereocenters.